The molecule has 30 heavy (non-hydrogen) atoms. The molecule has 0 saturated carbocycles. The van der Waals surface area contributed by atoms with E-state index in [1.807, 2.05) is 30.5 Å². The van der Waals surface area contributed by atoms with Gasteiger partial charge in [0.05, 0.1) is 11.2 Å². The number of hydrogen-bond acceptors (Lipinski definition) is 4. The monoisotopic (exact) mass is 444 g/mol. The van der Waals surface area contributed by atoms with Gasteiger partial charge in [0, 0.05) is 45.9 Å². The Kier molecular flexibility index (Phi) is 5.84. The molecule has 1 aliphatic rings. The predicted molar refractivity (Wildman–Crippen MR) is 120 cm³/mol. The zero-order chi connectivity index (χ0) is 21.4. The third kappa shape index (κ3) is 3.72. The summed E-state index contributed by atoms with van der Waals surface area (Å²) in [4.78, 5) is 29.9. The molecule has 3 atom stereocenters. The lowest BCUT2D eigenvalue weighted by Crippen LogP contribution is -2.63. The smallest absolute Gasteiger partial charge is 0.243 e. The number of hydrogen-bond donors (Lipinski definition) is 2. The Bertz CT molecular complexity index is 1090. The number of halogens is 1. The van der Waals surface area contributed by atoms with E-state index < -0.39 is 12.1 Å². The van der Waals surface area contributed by atoms with Gasteiger partial charge in [-0.15, -0.1) is 11.3 Å². The third-order valence-corrected chi connectivity index (χ3v) is 6.72. The van der Waals surface area contributed by atoms with Crippen molar-refractivity contribution in [2.45, 2.75) is 58.2 Å². The van der Waals surface area contributed by atoms with Gasteiger partial charge in [0.15, 0.2) is 0 Å². The number of carbonyl (C=O) groups is 2. The van der Waals surface area contributed by atoms with E-state index in [0.717, 1.165) is 40.8 Å². The van der Waals surface area contributed by atoms with Crippen LogP contribution in [-0.2, 0) is 22.6 Å². The van der Waals surface area contributed by atoms with Crippen LogP contribution in [0, 0.1) is 6.92 Å². The SMILES string of the molecule is CCCn1c(C)c([C@@H](C)[C@H]2NC(=O)[C@@H](Cc3cscn3)NC2=O)c2cc(Cl)ccc21. The van der Waals surface area contributed by atoms with Crippen LogP contribution in [0.3, 0.4) is 0 Å². The Morgan fingerprint density at radius 3 is 2.77 bits per heavy atom. The molecule has 0 unspecified atom stereocenters. The highest BCUT2D eigenvalue weighted by Crippen LogP contribution is 2.35. The number of nitrogens with zero attached hydrogens (tertiary/aromatic N) is 2. The molecule has 4 rings (SSSR count). The molecule has 3 heterocycles. The molecule has 1 aromatic carbocycles. The second-order valence-electron chi connectivity index (χ2n) is 7.83. The number of benzene rings is 1. The van der Waals surface area contributed by atoms with Gasteiger partial charge in [0.1, 0.15) is 12.1 Å². The Morgan fingerprint density at radius 1 is 1.27 bits per heavy atom. The molecule has 0 bridgehead atoms. The van der Waals surface area contributed by atoms with E-state index in [4.69, 9.17) is 11.6 Å². The second kappa shape index (κ2) is 8.40. The van der Waals surface area contributed by atoms with Gasteiger partial charge in [-0.05, 0) is 37.1 Å². The summed E-state index contributed by atoms with van der Waals surface area (Å²) in [5, 5.41) is 9.44. The van der Waals surface area contributed by atoms with Crippen molar-refractivity contribution in [3.05, 3.63) is 51.1 Å². The molecule has 3 aromatic rings. The van der Waals surface area contributed by atoms with E-state index >= 15 is 0 Å². The lowest BCUT2D eigenvalue weighted by Gasteiger charge is -2.33. The third-order valence-electron chi connectivity index (χ3n) is 5.85. The average Bonchev–Trinajstić information content (AvgIpc) is 3.31. The molecule has 0 aliphatic carbocycles. The summed E-state index contributed by atoms with van der Waals surface area (Å²) in [7, 11) is 0. The number of aromatic nitrogens is 2. The van der Waals surface area contributed by atoms with Crippen molar-refractivity contribution in [3.63, 3.8) is 0 Å². The summed E-state index contributed by atoms with van der Waals surface area (Å²) in [5.74, 6) is -0.541. The first-order chi connectivity index (χ1) is 14.4. The number of amides is 2. The summed E-state index contributed by atoms with van der Waals surface area (Å²) in [6.07, 6.45) is 1.40. The standard InChI is InChI=1S/C22H25ClN4O2S/c1-4-7-27-13(3)19(16-8-14(23)5-6-18(16)27)12(2)20-22(29)25-17(21(28)26-20)9-15-10-30-11-24-15/h5-6,8,10-12,17,20H,4,7,9H2,1-3H3,(H,25,29)(H,26,28)/t12-,17-,20-/m1/s1. The number of piperazine rings is 1. The zero-order valence-corrected chi connectivity index (χ0v) is 18.8. The van der Waals surface area contributed by atoms with Crippen LogP contribution in [0.15, 0.2) is 29.1 Å². The van der Waals surface area contributed by atoms with Gasteiger partial charge in [-0.2, -0.15) is 0 Å². The Labute approximate surface area is 184 Å². The largest absolute Gasteiger partial charge is 0.345 e. The van der Waals surface area contributed by atoms with Crippen molar-refractivity contribution < 1.29 is 9.59 Å². The molecule has 8 heteroatoms. The van der Waals surface area contributed by atoms with Crippen LogP contribution in [0.4, 0.5) is 0 Å². The molecule has 1 saturated heterocycles. The fourth-order valence-electron chi connectivity index (χ4n) is 4.42. The van der Waals surface area contributed by atoms with Crippen molar-refractivity contribution in [2.75, 3.05) is 0 Å². The maximum absolute atomic E-state index is 13.0. The number of aryl methyl sites for hydroxylation is 1. The van der Waals surface area contributed by atoms with Crippen LogP contribution < -0.4 is 10.6 Å². The molecular weight excluding hydrogens is 420 g/mol. The lowest BCUT2D eigenvalue weighted by molar-refractivity contribution is -0.137. The van der Waals surface area contributed by atoms with Crippen LogP contribution in [-0.4, -0.2) is 33.4 Å². The minimum atomic E-state index is -0.637. The first kappa shape index (κ1) is 20.9. The van der Waals surface area contributed by atoms with Crippen LogP contribution >= 0.6 is 22.9 Å². The highest BCUT2D eigenvalue weighted by atomic mass is 35.5. The number of thiazole rings is 1. The molecule has 6 nitrogen and oxygen atoms in total. The molecule has 2 aromatic heterocycles. The van der Waals surface area contributed by atoms with E-state index in [1.54, 1.807) is 5.51 Å². The van der Waals surface area contributed by atoms with E-state index in [9.17, 15) is 9.59 Å². The lowest BCUT2D eigenvalue weighted by atomic mass is 9.88. The van der Waals surface area contributed by atoms with Crippen molar-refractivity contribution in [1.82, 2.24) is 20.2 Å². The number of rotatable bonds is 6. The summed E-state index contributed by atoms with van der Waals surface area (Å²) in [5.41, 5.74) is 5.79. The molecule has 1 fully saturated rings. The summed E-state index contributed by atoms with van der Waals surface area (Å²) in [6.45, 7) is 7.09. The highest BCUT2D eigenvalue weighted by Gasteiger charge is 2.38. The van der Waals surface area contributed by atoms with Crippen molar-refractivity contribution >= 4 is 45.7 Å². The van der Waals surface area contributed by atoms with E-state index in [0.29, 0.717) is 11.4 Å². The summed E-state index contributed by atoms with van der Waals surface area (Å²) >= 11 is 7.77. The minimum absolute atomic E-state index is 0.167. The van der Waals surface area contributed by atoms with Crippen molar-refractivity contribution in [2.24, 2.45) is 0 Å². The van der Waals surface area contributed by atoms with E-state index in [1.165, 1.54) is 11.3 Å². The normalized spacial score (nSPS) is 20.3. The fourth-order valence-corrected chi connectivity index (χ4v) is 5.17. The van der Waals surface area contributed by atoms with E-state index in [2.05, 4.69) is 34.0 Å². The fraction of sp³-hybridized carbons (Fsp3) is 0.409. The molecule has 158 valence electrons. The van der Waals surface area contributed by atoms with Gasteiger partial charge in [-0.1, -0.05) is 25.4 Å². The zero-order valence-electron chi connectivity index (χ0n) is 17.2. The van der Waals surface area contributed by atoms with Gasteiger partial charge in [0.2, 0.25) is 11.8 Å². The first-order valence-electron chi connectivity index (χ1n) is 10.2. The van der Waals surface area contributed by atoms with Gasteiger partial charge in [0.25, 0.3) is 0 Å². The maximum atomic E-state index is 13.0. The molecule has 1 aliphatic heterocycles. The Hall–Kier alpha value is -2.38. The van der Waals surface area contributed by atoms with Crippen LogP contribution in [0.25, 0.3) is 10.9 Å². The van der Waals surface area contributed by atoms with Crippen LogP contribution in [0.5, 0.6) is 0 Å². The highest BCUT2D eigenvalue weighted by molar-refractivity contribution is 7.07. The minimum Gasteiger partial charge on any atom is -0.345 e. The maximum Gasteiger partial charge on any atom is 0.243 e. The molecule has 2 amide bonds. The van der Waals surface area contributed by atoms with Crippen molar-refractivity contribution in [3.8, 4) is 0 Å². The Balaban J connectivity index is 1.65. The second-order valence-corrected chi connectivity index (χ2v) is 8.99. The molecule has 0 spiro atoms. The van der Waals surface area contributed by atoms with Crippen molar-refractivity contribution in [1.29, 1.82) is 0 Å². The quantitative estimate of drug-likeness (QED) is 0.607. The Morgan fingerprint density at radius 2 is 2.07 bits per heavy atom. The van der Waals surface area contributed by atoms with Crippen LogP contribution in [0.2, 0.25) is 5.02 Å². The van der Waals surface area contributed by atoms with Gasteiger partial charge >= 0.3 is 0 Å². The predicted octanol–water partition coefficient (Wildman–Crippen LogP) is 3.80. The molecule has 0 radical (unpaired) electrons. The molecular formula is C22H25ClN4O2S. The number of carbonyl (C=O) groups excluding carboxylic acids is 2. The van der Waals surface area contributed by atoms with E-state index in [-0.39, 0.29) is 17.7 Å². The van der Waals surface area contributed by atoms with Gasteiger partial charge in [-0.3, -0.25) is 9.59 Å². The topological polar surface area (TPSA) is 76.0 Å². The van der Waals surface area contributed by atoms with Gasteiger partial charge in [-0.25, -0.2) is 4.98 Å². The number of nitrogens with one attached hydrogen (secondary N) is 2. The van der Waals surface area contributed by atoms with Gasteiger partial charge < -0.3 is 15.2 Å². The summed E-state index contributed by atoms with van der Waals surface area (Å²) in [6, 6.07) is 4.64. The first-order valence-corrected chi connectivity index (χ1v) is 11.5. The molecule has 2 N–H and O–H groups in total. The van der Waals surface area contributed by atoms with Crippen LogP contribution in [0.1, 0.15) is 43.1 Å². The number of fused-ring (bicyclic) bond motifs is 1. The summed E-state index contributed by atoms with van der Waals surface area (Å²) < 4.78 is 2.27. The average molecular weight is 445 g/mol.